The van der Waals surface area contributed by atoms with Crippen LogP contribution >= 0.6 is 27.3 Å². The van der Waals surface area contributed by atoms with E-state index in [1.54, 1.807) is 11.3 Å². The first-order valence-corrected chi connectivity index (χ1v) is 6.03. The molecule has 0 spiro atoms. The molecule has 74 valence electrons. The van der Waals surface area contributed by atoms with Gasteiger partial charge in [-0.15, -0.1) is 11.3 Å². The van der Waals surface area contributed by atoms with Crippen LogP contribution in [0.25, 0.3) is 0 Å². The third-order valence-electron chi connectivity index (χ3n) is 1.80. The lowest BCUT2D eigenvalue weighted by molar-refractivity contribution is 0.267. The van der Waals surface area contributed by atoms with Crippen LogP contribution in [0.5, 0.6) is 0 Å². The monoisotopic (exact) mass is 263 g/mol. The van der Waals surface area contributed by atoms with Crippen molar-refractivity contribution >= 4 is 27.3 Å². The summed E-state index contributed by atoms with van der Waals surface area (Å²) in [4.78, 5) is 1.28. The Morgan fingerprint density at radius 3 is 2.92 bits per heavy atom. The summed E-state index contributed by atoms with van der Waals surface area (Å²) in [6.07, 6.45) is 0.779. The second-order valence-corrected chi connectivity index (χ2v) is 4.65. The number of aliphatic hydroxyl groups excluding tert-OH is 1. The number of halogens is 1. The van der Waals surface area contributed by atoms with E-state index in [1.807, 2.05) is 0 Å². The fourth-order valence-electron chi connectivity index (χ4n) is 1.23. The molecule has 1 heterocycles. The highest BCUT2D eigenvalue weighted by Crippen LogP contribution is 2.27. The Morgan fingerprint density at radius 2 is 2.46 bits per heavy atom. The highest BCUT2D eigenvalue weighted by atomic mass is 79.9. The molecule has 0 aromatic carbocycles. The first-order valence-electron chi connectivity index (χ1n) is 4.36. The quantitative estimate of drug-likeness (QED) is 0.856. The Balaban J connectivity index is 2.63. The van der Waals surface area contributed by atoms with E-state index in [0.29, 0.717) is 6.04 Å². The van der Waals surface area contributed by atoms with Crippen LogP contribution in [0.15, 0.2) is 15.9 Å². The Kier molecular flexibility index (Phi) is 4.94. The van der Waals surface area contributed by atoms with Crippen LogP contribution in [0, 0.1) is 0 Å². The minimum atomic E-state index is 0.229. The molecule has 0 radical (unpaired) electrons. The summed E-state index contributed by atoms with van der Waals surface area (Å²) in [5.74, 6) is 0. The summed E-state index contributed by atoms with van der Waals surface area (Å²) in [5.41, 5.74) is 0. The van der Waals surface area contributed by atoms with Crippen molar-refractivity contribution in [1.29, 1.82) is 0 Å². The maximum absolute atomic E-state index is 8.88. The van der Waals surface area contributed by atoms with Gasteiger partial charge in [0.15, 0.2) is 0 Å². The Labute approximate surface area is 91.1 Å². The normalized spacial score (nSPS) is 13.2. The predicted molar refractivity (Wildman–Crippen MR) is 60.1 cm³/mol. The summed E-state index contributed by atoms with van der Waals surface area (Å²) in [6, 6.07) is 2.40. The Morgan fingerprint density at radius 1 is 1.69 bits per heavy atom. The van der Waals surface area contributed by atoms with Crippen LogP contribution in [0.2, 0.25) is 0 Å². The van der Waals surface area contributed by atoms with Crippen molar-refractivity contribution in [1.82, 2.24) is 5.32 Å². The maximum atomic E-state index is 8.88. The SMILES string of the molecule is CCNC(CCO)c1cc(Br)cs1. The fourth-order valence-corrected chi connectivity index (χ4v) is 2.79. The van der Waals surface area contributed by atoms with Gasteiger partial charge in [-0.3, -0.25) is 0 Å². The minimum absolute atomic E-state index is 0.229. The zero-order valence-corrected chi connectivity index (χ0v) is 9.99. The lowest BCUT2D eigenvalue weighted by Gasteiger charge is -2.14. The van der Waals surface area contributed by atoms with Gasteiger partial charge < -0.3 is 10.4 Å². The van der Waals surface area contributed by atoms with Crippen LogP contribution in [-0.2, 0) is 0 Å². The first-order chi connectivity index (χ1) is 6.27. The number of nitrogens with one attached hydrogen (secondary N) is 1. The summed E-state index contributed by atoms with van der Waals surface area (Å²) in [7, 11) is 0. The predicted octanol–water partition coefficient (Wildman–Crippen LogP) is 2.54. The van der Waals surface area contributed by atoms with Gasteiger partial charge in [-0.2, -0.15) is 0 Å². The van der Waals surface area contributed by atoms with Gasteiger partial charge in [-0.05, 0) is 35.0 Å². The highest BCUT2D eigenvalue weighted by molar-refractivity contribution is 9.10. The molecule has 0 aliphatic carbocycles. The standard InChI is InChI=1S/C9H14BrNOS/c1-2-11-8(3-4-12)9-5-7(10)6-13-9/h5-6,8,11-12H,2-4H2,1H3. The average Bonchev–Trinajstić information content (AvgIpc) is 2.51. The molecular weight excluding hydrogens is 250 g/mol. The molecule has 0 saturated carbocycles. The molecule has 1 aromatic heterocycles. The molecule has 0 saturated heterocycles. The summed E-state index contributed by atoms with van der Waals surface area (Å²) in [6.45, 7) is 3.24. The van der Waals surface area contributed by atoms with Gasteiger partial charge in [-0.1, -0.05) is 6.92 Å². The first kappa shape index (κ1) is 11.2. The van der Waals surface area contributed by atoms with E-state index < -0.39 is 0 Å². The molecule has 1 aromatic rings. The molecule has 0 fully saturated rings. The van der Waals surface area contributed by atoms with Gasteiger partial charge in [0.2, 0.25) is 0 Å². The van der Waals surface area contributed by atoms with Crippen molar-refractivity contribution in [3.05, 3.63) is 20.8 Å². The Hall–Kier alpha value is 0.1000. The van der Waals surface area contributed by atoms with Gasteiger partial charge in [0.1, 0.15) is 0 Å². The molecule has 2 N–H and O–H groups in total. The summed E-state index contributed by atoms with van der Waals surface area (Å²) < 4.78 is 1.12. The van der Waals surface area contributed by atoms with Gasteiger partial charge in [0.05, 0.1) is 0 Å². The molecule has 4 heteroatoms. The number of rotatable bonds is 5. The van der Waals surface area contributed by atoms with E-state index in [9.17, 15) is 0 Å². The van der Waals surface area contributed by atoms with E-state index in [0.717, 1.165) is 17.4 Å². The van der Waals surface area contributed by atoms with Crippen molar-refractivity contribution in [2.45, 2.75) is 19.4 Å². The number of aliphatic hydroxyl groups is 1. The smallest absolute Gasteiger partial charge is 0.0449 e. The fraction of sp³-hybridized carbons (Fsp3) is 0.556. The van der Waals surface area contributed by atoms with Crippen molar-refractivity contribution in [2.24, 2.45) is 0 Å². The van der Waals surface area contributed by atoms with E-state index in [2.05, 4.69) is 39.6 Å². The van der Waals surface area contributed by atoms with Crippen LogP contribution in [0.3, 0.4) is 0 Å². The molecule has 1 atom stereocenters. The van der Waals surface area contributed by atoms with Crippen LogP contribution in [-0.4, -0.2) is 18.3 Å². The second-order valence-electron chi connectivity index (χ2n) is 2.79. The molecule has 1 unspecified atom stereocenters. The topological polar surface area (TPSA) is 32.3 Å². The van der Waals surface area contributed by atoms with E-state index in [1.165, 1.54) is 4.88 Å². The average molecular weight is 264 g/mol. The third-order valence-corrected chi connectivity index (χ3v) is 3.61. The van der Waals surface area contributed by atoms with Crippen molar-refractivity contribution in [3.63, 3.8) is 0 Å². The molecular formula is C9H14BrNOS. The van der Waals surface area contributed by atoms with Gasteiger partial charge in [0.25, 0.3) is 0 Å². The summed E-state index contributed by atoms with van der Waals surface area (Å²) >= 11 is 5.14. The largest absolute Gasteiger partial charge is 0.396 e. The molecule has 0 amide bonds. The molecule has 0 bridgehead atoms. The maximum Gasteiger partial charge on any atom is 0.0449 e. The highest BCUT2D eigenvalue weighted by Gasteiger charge is 2.11. The van der Waals surface area contributed by atoms with Crippen molar-refractivity contribution in [3.8, 4) is 0 Å². The molecule has 13 heavy (non-hydrogen) atoms. The minimum Gasteiger partial charge on any atom is -0.396 e. The molecule has 1 rings (SSSR count). The molecule has 0 aliphatic rings. The lowest BCUT2D eigenvalue weighted by atomic mass is 10.2. The van der Waals surface area contributed by atoms with Crippen LogP contribution in [0.4, 0.5) is 0 Å². The van der Waals surface area contributed by atoms with Gasteiger partial charge in [0, 0.05) is 27.4 Å². The van der Waals surface area contributed by atoms with E-state index in [4.69, 9.17) is 5.11 Å². The lowest BCUT2D eigenvalue weighted by Crippen LogP contribution is -2.20. The van der Waals surface area contributed by atoms with E-state index >= 15 is 0 Å². The van der Waals surface area contributed by atoms with E-state index in [-0.39, 0.29) is 6.61 Å². The van der Waals surface area contributed by atoms with Gasteiger partial charge in [-0.25, -0.2) is 0 Å². The zero-order valence-electron chi connectivity index (χ0n) is 7.59. The Bertz CT molecular complexity index is 246. The zero-order chi connectivity index (χ0) is 9.68. The van der Waals surface area contributed by atoms with Crippen molar-refractivity contribution in [2.75, 3.05) is 13.2 Å². The number of thiophene rings is 1. The summed E-state index contributed by atoms with van der Waals surface area (Å²) in [5, 5.41) is 14.3. The second kappa shape index (κ2) is 5.75. The number of hydrogen-bond donors (Lipinski definition) is 2. The van der Waals surface area contributed by atoms with Gasteiger partial charge >= 0.3 is 0 Å². The van der Waals surface area contributed by atoms with Crippen LogP contribution < -0.4 is 5.32 Å². The molecule has 2 nitrogen and oxygen atoms in total. The van der Waals surface area contributed by atoms with Crippen LogP contribution in [0.1, 0.15) is 24.3 Å². The van der Waals surface area contributed by atoms with Crippen molar-refractivity contribution < 1.29 is 5.11 Å². The number of hydrogen-bond acceptors (Lipinski definition) is 3. The third kappa shape index (κ3) is 3.38. The molecule has 0 aliphatic heterocycles.